The van der Waals surface area contributed by atoms with Gasteiger partial charge in [0.25, 0.3) is 11.8 Å². The van der Waals surface area contributed by atoms with Crippen LogP contribution in [0.3, 0.4) is 0 Å². The molecule has 1 aliphatic rings. The molecule has 2 aromatic carbocycles. The highest BCUT2D eigenvalue weighted by molar-refractivity contribution is 7.12. The number of nitrogens with zero attached hydrogens (tertiary/aromatic N) is 2. The lowest BCUT2D eigenvalue weighted by Crippen LogP contribution is -2.39. The van der Waals surface area contributed by atoms with Crippen LogP contribution in [-0.4, -0.2) is 41.0 Å². The molecular weight excluding hydrogens is 490 g/mol. The number of carbonyl (C=O) groups is 3. The van der Waals surface area contributed by atoms with Gasteiger partial charge in [0.1, 0.15) is 17.1 Å². The van der Waals surface area contributed by atoms with Crippen LogP contribution in [0.5, 0.6) is 0 Å². The van der Waals surface area contributed by atoms with Gasteiger partial charge >= 0.3 is 5.97 Å². The number of thiophene rings is 1. The van der Waals surface area contributed by atoms with Crippen LogP contribution in [0.15, 0.2) is 53.9 Å². The molecule has 37 heavy (non-hydrogen) atoms. The van der Waals surface area contributed by atoms with E-state index in [0.29, 0.717) is 34.9 Å². The summed E-state index contributed by atoms with van der Waals surface area (Å²) < 4.78 is 6.71. The summed E-state index contributed by atoms with van der Waals surface area (Å²) in [5, 5.41) is 6.50. The second-order valence-corrected chi connectivity index (χ2v) is 9.95. The largest absolute Gasteiger partial charge is 0.464 e. The van der Waals surface area contributed by atoms with Crippen LogP contribution < -0.4 is 16.0 Å². The number of benzene rings is 2. The zero-order valence-corrected chi connectivity index (χ0v) is 21.1. The van der Waals surface area contributed by atoms with Crippen LogP contribution in [0.1, 0.15) is 36.2 Å². The Morgan fingerprint density at radius 2 is 1.95 bits per heavy atom. The van der Waals surface area contributed by atoms with E-state index < -0.39 is 5.97 Å². The maximum atomic E-state index is 13.4. The molecule has 9 nitrogen and oxygen atoms in total. The lowest BCUT2D eigenvalue weighted by Gasteiger charge is -2.16. The van der Waals surface area contributed by atoms with E-state index in [1.54, 1.807) is 22.4 Å². The summed E-state index contributed by atoms with van der Waals surface area (Å²) in [5.74, 6) is -0.801. The second kappa shape index (κ2) is 8.61. The normalized spacial score (nSPS) is 12.8. The number of H-pyrrole nitrogens is 1. The molecule has 0 unspecified atom stereocenters. The minimum absolute atomic E-state index is 0.124. The standard InChI is InChI=1S/C27H23N5O4S/c1-31-21-5-6-22-17(18(21)12-23(31)27(35)36-2)7-8-32(22)26(34)24-11-16(13-37-24)29-25(33)20-10-14-9-15(28)3-4-19(14)30-20/h3-6,9-13,30H,7-8,28H2,1-2H3,(H,29,33)/p+1. The zero-order valence-electron chi connectivity index (χ0n) is 20.3. The van der Waals surface area contributed by atoms with Crippen molar-refractivity contribution in [2.45, 2.75) is 6.42 Å². The zero-order chi connectivity index (χ0) is 25.8. The van der Waals surface area contributed by atoms with Crippen molar-refractivity contribution in [3.05, 3.63) is 75.7 Å². The number of hydrogen-bond acceptors (Lipinski definition) is 5. The minimum Gasteiger partial charge on any atom is -0.464 e. The van der Waals surface area contributed by atoms with Crippen molar-refractivity contribution in [1.82, 2.24) is 9.55 Å². The molecule has 0 saturated carbocycles. The summed E-state index contributed by atoms with van der Waals surface area (Å²) in [6, 6.07) is 14.9. The van der Waals surface area contributed by atoms with Gasteiger partial charge in [-0.1, -0.05) is 0 Å². The van der Waals surface area contributed by atoms with Crippen molar-refractivity contribution < 1.29 is 24.9 Å². The summed E-state index contributed by atoms with van der Waals surface area (Å²) in [6.07, 6.45) is 0.688. The van der Waals surface area contributed by atoms with E-state index in [0.717, 1.165) is 38.7 Å². The fraction of sp³-hybridized carbons (Fsp3) is 0.148. The quantitative estimate of drug-likeness (QED) is 0.315. The van der Waals surface area contributed by atoms with Gasteiger partial charge in [-0.05, 0) is 48.4 Å². The third-order valence-electron chi connectivity index (χ3n) is 6.83. The van der Waals surface area contributed by atoms with Crippen LogP contribution in [0.4, 0.5) is 17.1 Å². The van der Waals surface area contributed by atoms with E-state index >= 15 is 0 Å². The van der Waals surface area contributed by atoms with Gasteiger partial charge in [-0.25, -0.2) is 4.79 Å². The Morgan fingerprint density at radius 3 is 2.76 bits per heavy atom. The summed E-state index contributed by atoms with van der Waals surface area (Å²) in [6.45, 7) is 0.540. The molecule has 6 rings (SSSR count). The number of rotatable bonds is 4. The molecule has 0 radical (unpaired) electrons. The summed E-state index contributed by atoms with van der Waals surface area (Å²) in [5.41, 5.74) is 9.91. The van der Waals surface area contributed by atoms with Gasteiger partial charge in [0.15, 0.2) is 0 Å². The third kappa shape index (κ3) is 3.78. The maximum Gasteiger partial charge on any atom is 0.354 e. The average molecular weight is 515 g/mol. The summed E-state index contributed by atoms with van der Waals surface area (Å²) in [7, 11) is 3.19. The Morgan fingerprint density at radius 1 is 1.11 bits per heavy atom. The van der Waals surface area contributed by atoms with E-state index in [2.05, 4.69) is 16.0 Å². The molecular formula is C27H24N5O4S+. The van der Waals surface area contributed by atoms with E-state index in [1.807, 2.05) is 48.0 Å². The number of methoxy groups -OCH3 is 1. The predicted octanol–water partition coefficient (Wildman–Crippen LogP) is 3.84. The molecule has 3 aromatic heterocycles. The molecule has 1 aliphatic heterocycles. The number of aryl methyl sites for hydroxylation is 1. The first-order chi connectivity index (χ1) is 17.8. The van der Waals surface area contributed by atoms with Gasteiger partial charge in [0.2, 0.25) is 0 Å². The fourth-order valence-electron chi connectivity index (χ4n) is 4.98. The Kier molecular flexibility index (Phi) is 5.36. The van der Waals surface area contributed by atoms with Crippen LogP contribution in [-0.2, 0) is 18.2 Å². The smallest absolute Gasteiger partial charge is 0.354 e. The fourth-order valence-corrected chi connectivity index (χ4v) is 5.77. The number of ether oxygens (including phenoxy) is 1. The van der Waals surface area contributed by atoms with E-state index in [4.69, 9.17) is 4.74 Å². The van der Waals surface area contributed by atoms with Crippen LogP contribution in [0.2, 0.25) is 0 Å². The number of esters is 1. The van der Waals surface area contributed by atoms with Crippen LogP contribution in [0.25, 0.3) is 21.8 Å². The van der Waals surface area contributed by atoms with Gasteiger partial charge in [-0.2, -0.15) is 0 Å². The van der Waals surface area contributed by atoms with Gasteiger partial charge < -0.3 is 30.2 Å². The molecule has 4 heterocycles. The topological polar surface area (TPSA) is 124 Å². The van der Waals surface area contributed by atoms with Crippen molar-refractivity contribution in [3.8, 4) is 0 Å². The molecule has 10 heteroatoms. The number of aromatic amines is 1. The van der Waals surface area contributed by atoms with E-state index in [-0.39, 0.29) is 11.8 Å². The number of quaternary nitrogens is 1. The van der Waals surface area contributed by atoms with Crippen LogP contribution >= 0.6 is 11.3 Å². The Labute approximate surface area is 215 Å². The number of aromatic nitrogens is 2. The maximum absolute atomic E-state index is 13.4. The molecule has 186 valence electrons. The molecule has 5 aromatic rings. The summed E-state index contributed by atoms with van der Waals surface area (Å²) in [4.78, 5) is 43.8. The highest BCUT2D eigenvalue weighted by Crippen LogP contribution is 2.37. The van der Waals surface area contributed by atoms with Gasteiger partial charge in [-0.15, -0.1) is 11.3 Å². The van der Waals surface area contributed by atoms with Gasteiger partial charge in [-0.3, -0.25) is 9.59 Å². The van der Waals surface area contributed by atoms with Crippen molar-refractivity contribution >= 4 is 68.0 Å². The van der Waals surface area contributed by atoms with Crippen molar-refractivity contribution in [3.63, 3.8) is 0 Å². The first-order valence-corrected chi connectivity index (χ1v) is 12.6. The number of amides is 2. The SMILES string of the molecule is COC(=O)c1cc2c3c(ccc2n1C)N(C(=O)c1cc(NC(=O)c2cc4cc([NH3+])ccc4[nH]2)cs1)CC3. The Bertz CT molecular complexity index is 1740. The Balaban J connectivity index is 1.23. The molecule has 0 atom stereocenters. The molecule has 0 fully saturated rings. The lowest BCUT2D eigenvalue weighted by molar-refractivity contribution is -0.254. The van der Waals surface area contributed by atoms with Crippen molar-refractivity contribution in [2.75, 3.05) is 23.9 Å². The number of anilines is 2. The number of fused-ring (bicyclic) bond motifs is 4. The average Bonchev–Trinajstić information content (AvgIpc) is 3.67. The van der Waals surface area contributed by atoms with Gasteiger partial charge in [0.05, 0.1) is 17.7 Å². The van der Waals surface area contributed by atoms with E-state index in [1.165, 1.54) is 18.4 Å². The molecule has 0 spiro atoms. The third-order valence-corrected chi connectivity index (χ3v) is 7.75. The first kappa shape index (κ1) is 23.0. The monoisotopic (exact) mass is 514 g/mol. The molecule has 0 saturated heterocycles. The molecule has 0 aliphatic carbocycles. The number of carbonyl (C=O) groups excluding carboxylic acids is 3. The first-order valence-electron chi connectivity index (χ1n) is 11.7. The highest BCUT2D eigenvalue weighted by atomic mass is 32.1. The number of nitrogens with one attached hydrogen (secondary N) is 2. The molecule has 2 amide bonds. The Hall–Kier alpha value is -4.41. The molecule has 0 bridgehead atoms. The molecule has 5 N–H and O–H groups in total. The van der Waals surface area contributed by atoms with Gasteiger partial charge in [0, 0.05) is 58.6 Å². The van der Waals surface area contributed by atoms with E-state index in [9.17, 15) is 14.4 Å². The van der Waals surface area contributed by atoms with Crippen LogP contribution in [0, 0.1) is 0 Å². The highest BCUT2D eigenvalue weighted by Gasteiger charge is 2.29. The second-order valence-electron chi connectivity index (χ2n) is 9.04. The van der Waals surface area contributed by atoms with Crippen molar-refractivity contribution in [1.29, 1.82) is 0 Å². The van der Waals surface area contributed by atoms with Crippen molar-refractivity contribution in [2.24, 2.45) is 7.05 Å². The summed E-state index contributed by atoms with van der Waals surface area (Å²) >= 11 is 1.29. The predicted molar refractivity (Wildman–Crippen MR) is 143 cm³/mol. The lowest BCUT2D eigenvalue weighted by atomic mass is 10.1. The number of hydrogen-bond donors (Lipinski definition) is 3. The minimum atomic E-state index is -0.397.